The Balaban J connectivity index is 1.36. The molecule has 6 nitrogen and oxygen atoms in total. The van der Waals surface area contributed by atoms with Crippen molar-refractivity contribution < 1.29 is 9.32 Å². The van der Waals surface area contributed by atoms with Gasteiger partial charge in [0.1, 0.15) is 0 Å². The average molecular weight is 439 g/mol. The van der Waals surface area contributed by atoms with Gasteiger partial charge in [0.15, 0.2) is 0 Å². The van der Waals surface area contributed by atoms with Crippen LogP contribution in [-0.2, 0) is 17.9 Å². The lowest BCUT2D eigenvalue weighted by molar-refractivity contribution is -0.137. The van der Waals surface area contributed by atoms with Crippen LogP contribution >= 0.6 is 11.6 Å². The zero-order chi connectivity index (χ0) is 21.8. The van der Waals surface area contributed by atoms with Crippen molar-refractivity contribution >= 4 is 17.5 Å². The molecule has 162 valence electrons. The SMILES string of the molecule is Cc1cccc(-c2noc(CN(C)C(=O)C3CCCN(Cc4ccccc4Cl)C3)n2)c1. The molecule has 1 unspecified atom stereocenters. The van der Waals surface area contributed by atoms with E-state index in [1.165, 1.54) is 0 Å². The van der Waals surface area contributed by atoms with E-state index in [1.807, 2.05) is 55.5 Å². The van der Waals surface area contributed by atoms with Gasteiger partial charge in [0.25, 0.3) is 0 Å². The summed E-state index contributed by atoms with van der Waals surface area (Å²) in [4.78, 5) is 21.5. The highest BCUT2D eigenvalue weighted by atomic mass is 35.5. The fraction of sp³-hybridized carbons (Fsp3) is 0.375. The monoisotopic (exact) mass is 438 g/mol. The molecule has 0 aliphatic carbocycles. The highest BCUT2D eigenvalue weighted by molar-refractivity contribution is 6.31. The number of benzene rings is 2. The summed E-state index contributed by atoms with van der Waals surface area (Å²) in [6, 6.07) is 15.8. The largest absolute Gasteiger partial charge is 0.337 e. The summed E-state index contributed by atoms with van der Waals surface area (Å²) in [5.74, 6) is 1.05. The number of carbonyl (C=O) groups is 1. The molecule has 1 amide bonds. The van der Waals surface area contributed by atoms with Gasteiger partial charge in [-0.25, -0.2) is 0 Å². The van der Waals surface area contributed by atoms with Gasteiger partial charge in [-0.2, -0.15) is 4.98 Å². The first-order chi connectivity index (χ1) is 15.0. The number of amides is 1. The molecular weight excluding hydrogens is 412 g/mol. The summed E-state index contributed by atoms with van der Waals surface area (Å²) in [5, 5.41) is 4.85. The van der Waals surface area contributed by atoms with Crippen LogP contribution in [0.15, 0.2) is 53.1 Å². The van der Waals surface area contributed by atoms with E-state index in [1.54, 1.807) is 11.9 Å². The maximum atomic E-state index is 13.1. The maximum Gasteiger partial charge on any atom is 0.246 e. The highest BCUT2D eigenvalue weighted by Crippen LogP contribution is 2.24. The number of aromatic nitrogens is 2. The van der Waals surface area contributed by atoms with Crippen LogP contribution in [0.3, 0.4) is 0 Å². The van der Waals surface area contributed by atoms with Gasteiger partial charge in [0.05, 0.1) is 12.5 Å². The fourth-order valence-corrected chi connectivity index (χ4v) is 4.28. The van der Waals surface area contributed by atoms with Crippen LogP contribution in [0.25, 0.3) is 11.4 Å². The molecule has 0 saturated carbocycles. The van der Waals surface area contributed by atoms with Crippen molar-refractivity contribution in [3.05, 3.63) is 70.6 Å². The van der Waals surface area contributed by atoms with Crippen molar-refractivity contribution in [2.75, 3.05) is 20.1 Å². The van der Waals surface area contributed by atoms with E-state index in [9.17, 15) is 4.79 Å². The summed E-state index contributed by atoms with van der Waals surface area (Å²) >= 11 is 6.31. The molecule has 1 atom stereocenters. The predicted octanol–water partition coefficient (Wildman–Crippen LogP) is 4.57. The van der Waals surface area contributed by atoms with Gasteiger partial charge < -0.3 is 9.42 Å². The summed E-state index contributed by atoms with van der Waals surface area (Å²) in [6.45, 7) is 4.79. The lowest BCUT2D eigenvalue weighted by Crippen LogP contribution is -2.43. The maximum absolute atomic E-state index is 13.1. The summed E-state index contributed by atoms with van der Waals surface area (Å²) in [5.41, 5.74) is 3.14. The predicted molar refractivity (Wildman–Crippen MR) is 120 cm³/mol. The molecule has 1 aromatic heterocycles. The Labute approximate surface area is 187 Å². The second-order valence-corrected chi connectivity index (χ2v) is 8.65. The molecule has 0 bridgehead atoms. The molecule has 0 radical (unpaired) electrons. The van der Waals surface area contributed by atoms with Crippen LogP contribution in [0, 0.1) is 12.8 Å². The van der Waals surface area contributed by atoms with Crippen LogP contribution in [0.4, 0.5) is 0 Å². The first-order valence-electron chi connectivity index (χ1n) is 10.6. The summed E-state index contributed by atoms with van der Waals surface area (Å²) < 4.78 is 5.40. The number of piperidine rings is 1. The molecule has 4 rings (SSSR count). The third kappa shape index (κ3) is 5.32. The van der Waals surface area contributed by atoms with Gasteiger partial charge in [-0.1, -0.05) is 58.7 Å². The molecular formula is C24H27ClN4O2. The molecule has 2 aromatic carbocycles. The number of hydrogen-bond acceptors (Lipinski definition) is 5. The van der Waals surface area contributed by atoms with Gasteiger partial charge in [-0.15, -0.1) is 0 Å². The first-order valence-corrected chi connectivity index (χ1v) is 11.0. The minimum absolute atomic E-state index is 0.0413. The molecule has 1 fully saturated rings. The molecule has 7 heteroatoms. The molecule has 0 spiro atoms. The molecule has 0 N–H and O–H groups in total. The van der Waals surface area contributed by atoms with Crippen molar-refractivity contribution in [1.29, 1.82) is 0 Å². The summed E-state index contributed by atoms with van der Waals surface area (Å²) in [7, 11) is 1.80. The van der Waals surface area contributed by atoms with Gasteiger partial charge in [0, 0.05) is 30.7 Å². The van der Waals surface area contributed by atoms with Crippen LogP contribution in [0.5, 0.6) is 0 Å². The Bertz CT molecular complexity index is 1050. The van der Waals surface area contributed by atoms with Crippen LogP contribution in [0.1, 0.15) is 29.9 Å². The van der Waals surface area contributed by atoms with Crippen molar-refractivity contribution in [3.63, 3.8) is 0 Å². The molecule has 3 aromatic rings. The van der Waals surface area contributed by atoms with E-state index in [2.05, 4.69) is 15.0 Å². The first kappa shape index (κ1) is 21.5. The molecule has 1 aliphatic rings. The third-order valence-corrected chi connectivity index (χ3v) is 6.07. The number of rotatable bonds is 6. The molecule has 2 heterocycles. The smallest absolute Gasteiger partial charge is 0.246 e. The van der Waals surface area contributed by atoms with Crippen molar-refractivity contribution in [3.8, 4) is 11.4 Å². The molecule has 1 aliphatic heterocycles. The van der Waals surface area contributed by atoms with E-state index < -0.39 is 0 Å². The van der Waals surface area contributed by atoms with Gasteiger partial charge in [0.2, 0.25) is 17.6 Å². The van der Waals surface area contributed by atoms with E-state index in [-0.39, 0.29) is 11.8 Å². The number of hydrogen-bond donors (Lipinski definition) is 0. The van der Waals surface area contributed by atoms with Crippen LogP contribution < -0.4 is 0 Å². The van der Waals surface area contributed by atoms with E-state index in [0.29, 0.717) is 18.3 Å². The van der Waals surface area contributed by atoms with Crippen LogP contribution in [-0.4, -0.2) is 46.0 Å². The minimum atomic E-state index is -0.0413. The number of carbonyl (C=O) groups excluding carboxylic acids is 1. The van der Waals surface area contributed by atoms with Gasteiger partial charge in [-0.3, -0.25) is 9.69 Å². The van der Waals surface area contributed by atoms with E-state index in [0.717, 1.165) is 54.2 Å². The number of aryl methyl sites for hydroxylation is 1. The molecule has 1 saturated heterocycles. The normalized spacial score (nSPS) is 16.9. The second-order valence-electron chi connectivity index (χ2n) is 8.24. The number of likely N-dealkylation sites (tertiary alicyclic amines) is 1. The highest BCUT2D eigenvalue weighted by Gasteiger charge is 2.29. The average Bonchev–Trinajstić information content (AvgIpc) is 3.23. The van der Waals surface area contributed by atoms with Crippen molar-refractivity contribution in [2.45, 2.75) is 32.9 Å². The lowest BCUT2D eigenvalue weighted by Gasteiger charge is -2.33. The quantitative estimate of drug-likeness (QED) is 0.564. The fourth-order valence-electron chi connectivity index (χ4n) is 4.08. The van der Waals surface area contributed by atoms with E-state index >= 15 is 0 Å². The Morgan fingerprint density at radius 1 is 1.26 bits per heavy atom. The van der Waals surface area contributed by atoms with Gasteiger partial charge >= 0.3 is 0 Å². The topological polar surface area (TPSA) is 62.5 Å². The Morgan fingerprint density at radius 2 is 2.10 bits per heavy atom. The van der Waals surface area contributed by atoms with E-state index in [4.69, 9.17) is 16.1 Å². The van der Waals surface area contributed by atoms with Gasteiger partial charge in [-0.05, 0) is 44.0 Å². The number of nitrogens with zero attached hydrogens (tertiary/aromatic N) is 4. The second kappa shape index (κ2) is 9.62. The Hall–Kier alpha value is -2.70. The third-order valence-electron chi connectivity index (χ3n) is 5.70. The van der Waals surface area contributed by atoms with Crippen LogP contribution in [0.2, 0.25) is 5.02 Å². The lowest BCUT2D eigenvalue weighted by atomic mass is 9.96. The molecule has 31 heavy (non-hydrogen) atoms. The zero-order valence-corrected chi connectivity index (χ0v) is 18.7. The van der Waals surface area contributed by atoms with Crippen molar-refractivity contribution in [2.24, 2.45) is 5.92 Å². The zero-order valence-electron chi connectivity index (χ0n) is 17.9. The minimum Gasteiger partial charge on any atom is -0.337 e. The summed E-state index contributed by atoms with van der Waals surface area (Å²) in [6.07, 6.45) is 1.88. The Kier molecular flexibility index (Phi) is 6.68. The Morgan fingerprint density at radius 3 is 2.90 bits per heavy atom. The standard InChI is InChI=1S/C24H27ClN4O2/c1-17-7-5-9-18(13-17)23-26-22(31-27-23)16-28(2)24(30)20-10-6-12-29(15-20)14-19-8-3-4-11-21(19)25/h3-5,7-9,11,13,20H,6,10,12,14-16H2,1-2H3. The number of halogens is 1. The van der Waals surface area contributed by atoms with Crippen molar-refractivity contribution in [1.82, 2.24) is 19.9 Å².